The number of carbonyl (C=O) groups excluding carboxylic acids is 3. The normalized spacial score (nSPS) is 14.6. The van der Waals surface area contributed by atoms with Gasteiger partial charge in [-0.3, -0.25) is 19.3 Å². The number of thioether (sulfide) groups is 1. The smallest absolute Gasteiger partial charge is 0.293 e. The van der Waals surface area contributed by atoms with Gasteiger partial charge in [0.2, 0.25) is 5.75 Å². The van der Waals surface area contributed by atoms with Crippen LogP contribution in [0, 0.1) is 5.82 Å². The Balaban J connectivity index is 1.67. The van der Waals surface area contributed by atoms with Crippen LogP contribution in [0.25, 0.3) is 6.08 Å². The Labute approximate surface area is 188 Å². The average molecular weight is 460 g/mol. The van der Waals surface area contributed by atoms with Crippen LogP contribution in [0.15, 0.2) is 41.3 Å². The number of nitrogens with one attached hydrogen (secondary N) is 1. The lowest BCUT2D eigenvalue weighted by Gasteiger charge is -2.16. The van der Waals surface area contributed by atoms with E-state index in [2.05, 4.69) is 5.32 Å². The molecule has 1 saturated heterocycles. The monoisotopic (exact) mass is 460 g/mol. The van der Waals surface area contributed by atoms with Gasteiger partial charge in [-0.2, -0.15) is 0 Å². The van der Waals surface area contributed by atoms with Crippen LogP contribution < -0.4 is 19.5 Å². The standard InChI is InChI=1S/C22H21FN2O6S/c1-29-16-9-8-14(18(30-2)19(16)31-3)20(26)24-10-11-25-21(27)17(32-22(25)28)12-13-6-4-5-7-15(13)23/h4-9,12H,10-11H2,1-3H3,(H,24,26)/b17-12-. The maximum absolute atomic E-state index is 13.8. The fourth-order valence-electron chi connectivity index (χ4n) is 3.08. The second-order valence-corrected chi connectivity index (χ2v) is 7.49. The maximum atomic E-state index is 13.8. The number of imide groups is 1. The zero-order valence-electron chi connectivity index (χ0n) is 17.6. The number of hydrogen-bond acceptors (Lipinski definition) is 7. The third-order valence-electron chi connectivity index (χ3n) is 4.64. The molecule has 0 atom stereocenters. The summed E-state index contributed by atoms with van der Waals surface area (Å²) >= 11 is 0.724. The van der Waals surface area contributed by atoms with E-state index in [0.29, 0.717) is 5.75 Å². The first-order valence-corrected chi connectivity index (χ1v) is 10.3. The number of benzene rings is 2. The van der Waals surface area contributed by atoms with Gasteiger partial charge in [0.1, 0.15) is 5.82 Å². The van der Waals surface area contributed by atoms with Gasteiger partial charge in [-0.05, 0) is 36.0 Å². The lowest BCUT2D eigenvalue weighted by atomic mass is 10.1. The number of carbonyl (C=O) groups is 3. The van der Waals surface area contributed by atoms with Crippen LogP contribution >= 0.6 is 11.8 Å². The van der Waals surface area contributed by atoms with E-state index >= 15 is 0 Å². The van der Waals surface area contributed by atoms with E-state index in [9.17, 15) is 18.8 Å². The first-order chi connectivity index (χ1) is 15.4. The topological polar surface area (TPSA) is 94.2 Å². The summed E-state index contributed by atoms with van der Waals surface area (Å²) in [5.74, 6) is -0.635. The molecule has 0 bridgehead atoms. The zero-order chi connectivity index (χ0) is 23.3. The molecule has 0 aromatic heterocycles. The molecule has 0 unspecified atom stereocenters. The lowest BCUT2D eigenvalue weighted by Crippen LogP contribution is -2.37. The predicted molar refractivity (Wildman–Crippen MR) is 118 cm³/mol. The van der Waals surface area contributed by atoms with Crippen molar-refractivity contribution < 1.29 is 33.0 Å². The molecule has 0 aliphatic carbocycles. The van der Waals surface area contributed by atoms with E-state index in [0.717, 1.165) is 16.7 Å². The van der Waals surface area contributed by atoms with Gasteiger partial charge in [0.05, 0.1) is 31.8 Å². The van der Waals surface area contributed by atoms with Gasteiger partial charge in [-0.15, -0.1) is 0 Å². The van der Waals surface area contributed by atoms with Crippen molar-refractivity contribution >= 4 is 34.9 Å². The summed E-state index contributed by atoms with van der Waals surface area (Å²) in [6.07, 6.45) is 1.34. The van der Waals surface area contributed by atoms with E-state index in [1.807, 2.05) is 0 Å². The summed E-state index contributed by atoms with van der Waals surface area (Å²) in [5, 5.41) is 2.16. The van der Waals surface area contributed by atoms with Crippen molar-refractivity contribution in [2.24, 2.45) is 0 Å². The number of nitrogens with zero attached hydrogens (tertiary/aromatic N) is 1. The minimum atomic E-state index is -0.541. The predicted octanol–water partition coefficient (Wildman–Crippen LogP) is 3.32. The summed E-state index contributed by atoms with van der Waals surface area (Å²) in [6.45, 7) is -0.0258. The van der Waals surface area contributed by atoms with Crippen molar-refractivity contribution in [3.8, 4) is 17.2 Å². The van der Waals surface area contributed by atoms with Crippen LogP contribution in [0.1, 0.15) is 15.9 Å². The number of ether oxygens (including phenoxy) is 3. The zero-order valence-corrected chi connectivity index (χ0v) is 18.5. The Morgan fingerprint density at radius 1 is 1.06 bits per heavy atom. The van der Waals surface area contributed by atoms with Gasteiger partial charge in [0.15, 0.2) is 11.5 Å². The van der Waals surface area contributed by atoms with Crippen molar-refractivity contribution in [2.45, 2.75) is 0 Å². The number of hydrogen-bond donors (Lipinski definition) is 1. The first kappa shape index (κ1) is 23.1. The molecule has 1 aliphatic rings. The molecule has 1 N–H and O–H groups in total. The number of methoxy groups -OCH3 is 3. The minimum Gasteiger partial charge on any atom is -0.493 e. The number of rotatable bonds is 8. The van der Waals surface area contributed by atoms with Crippen molar-refractivity contribution in [1.82, 2.24) is 10.2 Å². The summed E-state index contributed by atoms with van der Waals surface area (Å²) in [5.41, 5.74) is 0.422. The Morgan fingerprint density at radius 3 is 2.44 bits per heavy atom. The highest BCUT2D eigenvalue weighted by Gasteiger charge is 2.35. The molecule has 1 heterocycles. The molecule has 3 rings (SSSR count). The van der Waals surface area contributed by atoms with Crippen LogP contribution in [-0.2, 0) is 4.79 Å². The summed E-state index contributed by atoms with van der Waals surface area (Å²) < 4.78 is 29.6. The van der Waals surface area contributed by atoms with Crippen LogP contribution in [0.2, 0.25) is 0 Å². The fourth-order valence-corrected chi connectivity index (χ4v) is 3.94. The number of amides is 3. The van der Waals surface area contributed by atoms with E-state index in [1.165, 1.54) is 51.7 Å². The van der Waals surface area contributed by atoms with Gasteiger partial charge in [0.25, 0.3) is 17.1 Å². The molecule has 8 nitrogen and oxygen atoms in total. The molecule has 0 spiro atoms. The van der Waals surface area contributed by atoms with E-state index < -0.39 is 22.9 Å². The molecule has 0 radical (unpaired) electrons. The van der Waals surface area contributed by atoms with Crippen molar-refractivity contribution in [1.29, 1.82) is 0 Å². The maximum Gasteiger partial charge on any atom is 0.293 e. The Morgan fingerprint density at radius 2 is 1.78 bits per heavy atom. The van der Waals surface area contributed by atoms with Gasteiger partial charge >= 0.3 is 0 Å². The minimum absolute atomic E-state index is 0.0152. The van der Waals surface area contributed by atoms with Crippen LogP contribution in [0.5, 0.6) is 17.2 Å². The van der Waals surface area contributed by atoms with Gasteiger partial charge < -0.3 is 19.5 Å². The lowest BCUT2D eigenvalue weighted by molar-refractivity contribution is -0.122. The molecule has 168 valence electrons. The Bertz CT molecular complexity index is 1090. The van der Waals surface area contributed by atoms with E-state index in [1.54, 1.807) is 12.1 Å². The Hall–Kier alpha value is -3.53. The Kier molecular flexibility index (Phi) is 7.37. The fraction of sp³-hybridized carbons (Fsp3) is 0.227. The second kappa shape index (κ2) is 10.2. The molecule has 2 aromatic rings. The van der Waals surface area contributed by atoms with Crippen LogP contribution in [-0.4, -0.2) is 56.4 Å². The SMILES string of the molecule is COc1ccc(C(=O)NCCN2C(=O)S/C(=C\c3ccccc3F)C2=O)c(OC)c1OC. The molecule has 1 aliphatic heterocycles. The van der Waals surface area contributed by atoms with Crippen molar-refractivity contribution in [3.63, 3.8) is 0 Å². The highest BCUT2D eigenvalue weighted by atomic mass is 32.2. The average Bonchev–Trinajstić information content (AvgIpc) is 3.06. The van der Waals surface area contributed by atoms with Gasteiger partial charge in [-0.1, -0.05) is 18.2 Å². The molecule has 10 heteroatoms. The van der Waals surface area contributed by atoms with Gasteiger partial charge in [-0.25, -0.2) is 4.39 Å². The summed E-state index contributed by atoms with van der Waals surface area (Å²) in [4.78, 5) is 38.6. The largest absolute Gasteiger partial charge is 0.493 e. The summed E-state index contributed by atoms with van der Waals surface area (Å²) in [7, 11) is 4.29. The molecular weight excluding hydrogens is 439 g/mol. The molecular formula is C22H21FN2O6S. The third kappa shape index (κ3) is 4.70. The highest BCUT2D eigenvalue weighted by Crippen LogP contribution is 2.39. The van der Waals surface area contributed by atoms with E-state index in [-0.39, 0.29) is 40.6 Å². The molecule has 1 fully saturated rings. The molecule has 2 aromatic carbocycles. The summed E-state index contributed by atoms with van der Waals surface area (Å²) in [6, 6.07) is 9.05. The van der Waals surface area contributed by atoms with Gasteiger partial charge in [0, 0.05) is 18.7 Å². The second-order valence-electron chi connectivity index (χ2n) is 6.49. The quantitative estimate of drug-likeness (QED) is 0.604. The molecule has 0 saturated carbocycles. The van der Waals surface area contributed by atoms with Crippen molar-refractivity contribution in [2.75, 3.05) is 34.4 Å². The highest BCUT2D eigenvalue weighted by molar-refractivity contribution is 8.18. The number of halogens is 1. The molecule has 3 amide bonds. The van der Waals surface area contributed by atoms with Crippen LogP contribution in [0.4, 0.5) is 9.18 Å². The van der Waals surface area contributed by atoms with Crippen molar-refractivity contribution in [3.05, 3.63) is 58.2 Å². The first-order valence-electron chi connectivity index (χ1n) is 9.48. The van der Waals surface area contributed by atoms with E-state index in [4.69, 9.17) is 14.2 Å². The third-order valence-corrected chi connectivity index (χ3v) is 5.54. The van der Waals surface area contributed by atoms with Crippen LogP contribution in [0.3, 0.4) is 0 Å². The molecule has 32 heavy (non-hydrogen) atoms.